The van der Waals surface area contributed by atoms with E-state index in [4.69, 9.17) is 23.2 Å². The number of fused-ring (bicyclic) bond motifs is 1. The number of aromatic hydroxyl groups is 1. The lowest BCUT2D eigenvalue weighted by atomic mass is 10.0. The average Bonchev–Trinajstić information content (AvgIpc) is 3.08. The van der Waals surface area contributed by atoms with Gasteiger partial charge in [-0.15, -0.1) is 0 Å². The van der Waals surface area contributed by atoms with Crippen molar-refractivity contribution in [3.05, 3.63) is 87.3 Å². The second-order valence-corrected chi connectivity index (χ2v) is 8.56. The predicted octanol–water partition coefficient (Wildman–Crippen LogP) is 6.25. The van der Waals surface area contributed by atoms with E-state index in [1.54, 1.807) is 6.92 Å². The summed E-state index contributed by atoms with van der Waals surface area (Å²) < 4.78 is 44.0. The number of nitrogens with zero attached hydrogens (tertiary/aromatic N) is 2. The van der Waals surface area contributed by atoms with Crippen molar-refractivity contribution in [2.45, 2.75) is 19.6 Å². The number of phenols is 1. The van der Waals surface area contributed by atoms with Crippen molar-refractivity contribution < 1.29 is 27.9 Å². The Morgan fingerprint density at radius 3 is 2.49 bits per heavy atom. The molecule has 4 rings (SSSR count). The summed E-state index contributed by atoms with van der Waals surface area (Å²) in [6.07, 6.45) is -3.64. The molecule has 35 heavy (non-hydrogen) atoms. The van der Waals surface area contributed by atoms with E-state index in [2.05, 4.69) is 10.3 Å². The Labute approximate surface area is 206 Å². The molecule has 2 heterocycles. The first-order chi connectivity index (χ1) is 16.5. The van der Waals surface area contributed by atoms with Crippen molar-refractivity contribution in [2.75, 3.05) is 5.32 Å². The van der Waals surface area contributed by atoms with Crippen LogP contribution in [0.2, 0.25) is 10.0 Å². The number of nitrogens with one attached hydrogen (secondary N) is 1. The number of phenolic OH excluding ortho intramolecular Hbond substituents is 1. The van der Waals surface area contributed by atoms with E-state index >= 15 is 0 Å². The average molecular weight is 522 g/mol. The summed E-state index contributed by atoms with van der Waals surface area (Å²) in [6, 6.07) is 10.6. The SMILES string of the molecule is Cc1cc(NC(=O)C(=O)c2c(C(F)(F)F)n(Cc3ccc(Cl)cc3Cl)c3ccc(O)cc23)ccn1. The van der Waals surface area contributed by atoms with Crippen molar-refractivity contribution in [3.63, 3.8) is 0 Å². The van der Waals surface area contributed by atoms with Gasteiger partial charge < -0.3 is 15.0 Å². The fourth-order valence-electron chi connectivity index (χ4n) is 3.78. The second kappa shape index (κ2) is 9.24. The van der Waals surface area contributed by atoms with Crippen LogP contribution in [0.15, 0.2) is 54.7 Å². The zero-order chi connectivity index (χ0) is 25.5. The molecule has 2 aromatic carbocycles. The molecule has 0 bridgehead atoms. The van der Waals surface area contributed by atoms with Crippen LogP contribution in [-0.2, 0) is 17.5 Å². The van der Waals surface area contributed by atoms with Crippen LogP contribution in [0.3, 0.4) is 0 Å². The standard InChI is InChI=1S/C24H16Cl2F3N3O3/c1-12-8-15(6-7-30-12)31-23(35)21(34)20-17-10-16(33)4-5-19(17)32(22(20)24(27,28)29)11-13-2-3-14(25)9-18(13)26/h2-10,33H,11H2,1H3,(H,30,31,35). The number of hydrogen-bond donors (Lipinski definition) is 2. The van der Waals surface area contributed by atoms with E-state index in [9.17, 15) is 27.9 Å². The maximum Gasteiger partial charge on any atom is 0.432 e. The number of ketones is 1. The summed E-state index contributed by atoms with van der Waals surface area (Å²) in [4.78, 5) is 29.8. The van der Waals surface area contributed by atoms with Crippen LogP contribution in [0.25, 0.3) is 10.9 Å². The summed E-state index contributed by atoms with van der Waals surface area (Å²) in [5.74, 6) is -3.05. The number of Topliss-reactive ketones (excluding diaryl/α,β-unsaturated/α-hetero) is 1. The molecule has 0 unspecified atom stereocenters. The molecular weight excluding hydrogens is 506 g/mol. The highest BCUT2D eigenvalue weighted by Gasteiger charge is 2.42. The Morgan fingerprint density at radius 1 is 1.09 bits per heavy atom. The van der Waals surface area contributed by atoms with Crippen LogP contribution in [0.5, 0.6) is 5.75 Å². The van der Waals surface area contributed by atoms with Gasteiger partial charge in [0.05, 0.1) is 5.56 Å². The number of halogens is 5. The number of carbonyl (C=O) groups is 2. The summed E-state index contributed by atoms with van der Waals surface area (Å²) in [5.41, 5.74) is -1.19. The maximum absolute atomic E-state index is 14.4. The van der Waals surface area contributed by atoms with Gasteiger partial charge in [-0.2, -0.15) is 13.2 Å². The molecule has 0 fully saturated rings. The zero-order valence-corrected chi connectivity index (χ0v) is 19.5. The van der Waals surface area contributed by atoms with Crippen molar-refractivity contribution in [1.82, 2.24) is 9.55 Å². The third-order valence-electron chi connectivity index (χ3n) is 5.25. The number of aromatic nitrogens is 2. The highest BCUT2D eigenvalue weighted by Crippen LogP contribution is 2.40. The lowest BCUT2D eigenvalue weighted by Crippen LogP contribution is -2.26. The lowest BCUT2D eigenvalue weighted by molar-refractivity contribution is -0.143. The summed E-state index contributed by atoms with van der Waals surface area (Å²) >= 11 is 12.1. The molecule has 1 amide bonds. The quantitative estimate of drug-likeness (QED) is 0.240. The number of carbonyl (C=O) groups excluding carboxylic acids is 2. The molecule has 11 heteroatoms. The number of aryl methyl sites for hydroxylation is 1. The minimum atomic E-state index is -5.02. The van der Waals surface area contributed by atoms with Gasteiger partial charge in [-0.1, -0.05) is 29.3 Å². The molecule has 0 aliphatic heterocycles. The number of rotatable bonds is 5. The minimum absolute atomic E-state index is 0.0166. The Morgan fingerprint density at radius 2 is 1.83 bits per heavy atom. The molecule has 2 aromatic heterocycles. The van der Waals surface area contributed by atoms with Crippen molar-refractivity contribution in [2.24, 2.45) is 0 Å². The first-order valence-electron chi connectivity index (χ1n) is 10.1. The van der Waals surface area contributed by atoms with E-state index in [1.807, 2.05) is 0 Å². The molecule has 0 atom stereocenters. The van der Waals surface area contributed by atoms with Gasteiger partial charge in [0.1, 0.15) is 11.4 Å². The fourth-order valence-corrected chi connectivity index (χ4v) is 4.24. The van der Waals surface area contributed by atoms with Gasteiger partial charge >= 0.3 is 6.18 Å². The molecule has 4 aromatic rings. The van der Waals surface area contributed by atoms with Gasteiger partial charge in [-0.05, 0) is 55.0 Å². The molecule has 0 saturated heterocycles. The van der Waals surface area contributed by atoms with Crippen LogP contribution in [0.1, 0.15) is 27.3 Å². The smallest absolute Gasteiger partial charge is 0.432 e. The van der Waals surface area contributed by atoms with Gasteiger partial charge in [0.15, 0.2) is 0 Å². The number of alkyl halides is 3. The van der Waals surface area contributed by atoms with Crippen LogP contribution in [0.4, 0.5) is 18.9 Å². The summed E-state index contributed by atoms with van der Waals surface area (Å²) in [7, 11) is 0. The molecule has 0 radical (unpaired) electrons. The lowest BCUT2D eigenvalue weighted by Gasteiger charge is -2.15. The van der Waals surface area contributed by atoms with E-state index in [-0.39, 0.29) is 33.9 Å². The van der Waals surface area contributed by atoms with E-state index in [0.29, 0.717) is 16.3 Å². The summed E-state index contributed by atoms with van der Waals surface area (Å²) in [5, 5.41) is 12.5. The monoisotopic (exact) mass is 521 g/mol. The zero-order valence-electron chi connectivity index (χ0n) is 18.0. The predicted molar refractivity (Wildman–Crippen MR) is 126 cm³/mol. The van der Waals surface area contributed by atoms with Gasteiger partial charge in [0, 0.05) is 45.1 Å². The molecule has 180 valence electrons. The Balaban J connectivity index is 1.90. The first-order valence-corrected chi connectivity index (χ1v) is 10.9. The highest BCUT2D eigenvalue weighted by molar-refractivity contribution is 6.48. The number of hydrogen-bond acceptors (Lipinski definition) is 4. The van der Waals surface area contributed by atoms with Crippen LogP contribution in [-0.4, -0.2) is 26.3 Å². The molecule has 2 N–H and O–H groups in total. The van der Waals surface area contributed by atoms with E-state index < -0.39 is 29.1 Å². The number of anilines is 1. The molecule has 0 saturated carbocycles. The Kier molecular flexibility index (Phi) is 6.48. The normalized spacial score (nSPS) is 11.6. The fraction of sp³-hybridized carbons (Fsp3) is 0.125. The highest BCUT2D eigenvalue weighted by atomic mass is 35.5. The van der Waals surface area contributed by atoms with Gasteiger partial charge in [0.2, 0.25) is 0 Å². The number of pyridine rings is 1. The summed E-state index contributed by atoms with van der Waals surface area (Å²) in [6.45, 7) is 1.28. The first kappa shape index (κ1) is 24.6. The maximum atomic E-state index is 14.4. The second-order valence-electron chi connectivity index (χ2n) is 7.71. The molecular formula is C24H16Cl2F3N3O3. The molecule has 0 aliphatic carbocycles. The molecule has 0 spiro atoms. The van der Waals surface area contributed by atoms with E-state index in [1.165, 1.54) is 48.7 Å². The van der Waals surface area contributed by atoms with Crippen molar-refractivity contribution in [3.8, 4) is 5.75 Å². The van der Waals surface area contributed by atoms with Gasteiger partial charge in [-0.25, -0.2) is 0 Å². The molecule has 0 aliphatic rings. The largest absolute Gasteiger partial charge is 0.508 e. The molecule has 6 nitrogen and oxygen atoms in total. The third-order valence-corrected chi connectivity index (χ3v) is 5.83. The van der Waals surface area contributed by atoms with Crippen LogP contribution < -0.4 is 5.32 Å². The van der Waals surface area contributed by atoms with Gasteiger partial charge in [0.25, 0.3) is 11.7 Å². The number of amides is 1. The number of benzene rings is 2. The van der Waals surface area contributed by atoms with Gasteiger partial charge in [-0.3, -0.25) is 14.6 Å². The third kappa shape index (κ3) is 4.96. The van der Waals surface area contributed by atoms with Crippen molar-refractivity contribution in [1.29, 1.82) is 0 Å². The van der Waals surface area contributed by atoms with Crippen molar-refractivity contribution >= 4 is 51.5 Å². The minimum Gasteiger partial charge on any atom is -0.508 e. The van der Waals surface area contributed by atoms with E-state index in [0.717, 1.165) is 10.6 Å². The van der Waals surface area contributed by atoms with Crippen LogP contribution in [0, 0.1) is 6.92 Å². The topological polar surface area (TPSA) is 84.2 Å². The van der Waals surface area contributed by atoms with Crippen LogP contribution >= 0.6 is 23.2 Å². The Bertz CT molecular complexity index is 1480. The Hall–Kier alpha value is -3.56.